The van der Waals surface area contributed by atoms with Crippen molar-refractivity contribution in [2.24, 2.45) is 13.0 Å². The van der Waals surface area contributed by atoms with Gasteiger partial charge < -0.3 is 9.88 Å². The Morgan fingerprint density at radius 3 is 2.45 bits per heavy atom. The van der Waals surface area contributed by atoms with Crippen LogP contribution in [-0.2, 0) is 7.05 Å². The van der Waals surface area contributed by atoms with E-state index in [2.05, 4.69) is 32.2 Å². The van der Waals surface area contributed by atoms with Crippen molar-refractivity contribution in [1.29, 1.82) is 0 Å². The van der Waals surface area contributed by atoms with E-state index in [1.165, 1.54) is 5.56 Å². The van der Waals surface area contributed by atoms with Gasteiger partial charge in [0.1, 0.15) is 0 Å². The number of carbonyl (C=O) groups is 1. The number of para-hydroxylation sites is 1. The molecule has 1 unspecified atom stereocenters. The van der Waals surface area contributed by atoms with Crippen LogP contribution in [0.25, 0.3) is 0 Å². The minimum atomic E-state index is -0.0395. The Morgan fingerprint density at radius 1 is 1.18 bits per heavy atom. The van der Waals surface area contributed by atoms with E-state index in [-0.39, 0.29) is 5.91 Å². The van der Waals surface area contributed by atoms with Crippen LogP contribution in [-0.4, -0.2) is 10.5 Å². The Hall–Kier alpha value is -2.03. The number of hydrogen-bond acceptors (Lipinski definition) is 1. The molecule has 0 saturated carbocycles. The topological polar surface area (TPSA) is 34.0 Å². The predicted molar refractivity (Wildman–Crippen MR) is 92.4 cm³/mol. The lowest BCUT2D eigenvalue weighted by Crippen LogP contribution is -2.14. The Balaban J connectivity index is 2.23. The molecule has 1 aromatic carbocycles. The van der Waals surface area contributed by atoms with E-state index in [0.717, 1.165) is 23.2 Å². The molecule has 2 aromatic rings. The normalized spacial score (nSPS) is 12.5. The van der Waals surface area contributed by atoms with Crippen molar-refractivity contribution in [3.8, 4) is 0 Å². The summed E-state index contributed by atoms with van der Waals surface area (Å²) < 4.78 is 1.91. The van der Waals surface area contributed by atoms with Crippen LogP contribution in [0.5, 0.6) is 0 Å². The highest BCUT2D eigenvalue weighted by molar-refractivity contribution is 6.05. The van der Waals surface area contributed by atoms with Gasteiger partial charge in [-0.05, 0) is 42.4 Å². The summed E-state index contributed by atoms with van der Waals surface area (Å²) in [5.74, 6) is 1.02. The van der Waals surface area contributed by atoms with E-state index in [9.17, 15) is 4.79 Å². The van der Waals surface area contributed by atoms with Gasteiger partial charge in [-0.3, -0.25) is 4.79 Å². The summed E-state index contributed by atoms with van der Waals surface area (Å²) in [5, 5.41) is 3.08. The van der Waals surface area contributed by atoms with Crippen LogP contribution in [0, 0.1) is 12.8 Å². The Morgan fingerprint density at radius 2 is 1.86 bits per heavy atom. The smallest absolute Gasteiger partial charge is 0.257 e. The molecule has 0 saturated heterocycles. The van der Waals surface area contributed by atoms with E-state index < -0.39 is 0 Å². The lowest BCUT2D eigenvalue weighted by molar-refractivity contribution is 0.102. The van der Waals surface area contributed by atoms with Crippen molar-refractivity contribution in [2.45, 2.75) is 40.0 Å². The highest BCUT2D eigenvalue weighted by Crippen LogP contribution is 2.29. The van der Waals surface area contributed by atoms with Crippen LogP contribution in [0.3, 0.4) is 0 Å². The molecule has 1 amide bonds. The number of nitrogens with one attached hydrogen (secondary N) is 1. The van der Waals surface area contributed by atoms with E-state index in [1.807, 2.05) is 49.1 Å². The summed E-state index contributed by atoms with van der Waals surface area (Å²) in [7, 11) is 1.93. The van der Waals surface area contributed by atoms with Crippen molar-refractivity contribution < 1.29 is 4.79 Å². The van der Waals surface area contributed by atoms with Gasteiger partial charge in [0.15, 0.2) is 0 Å². The van der Waals surface area contributed by atoms with Gasteiger partial charge in [0.2, 0.25) is 0 Å². The minimum absolute atomic E-state index is 0.0395. The number of benzene rings is 1. The van der Waals surface area contributed by atoms with Gasteiger partial charge in [-0.1, -0.05) is 39.0 Å². The number of hydrogen-bond donors (Lipinski definition) is 1. The number of aryl methyl sites for hydroxylation is 2. The first kappa shape index (κ1) is 16.3. The van der Waals surface area contributed by atoms with Gasteiger partial charge in [0.25, 0.3) is 5.91 Å². The van der Waals surface area contributed by atoms with E-state index in [4.69, 9.17) is 0 Å². The zero-order valence-corrected chi connectivity index (χ0v) is 14.2. The third-order valence-corrected chi connectivity index (χ3v) is 3.96. The van der Waals surface area contributed by atoms with Crippen molar-refractivity contribution in [3.63, 3.8) is 0 Å². The van der Waals surface area contributed by atoms with Gasteiger partial charge in [-0.15, -0.1) is 0 Å². The first-order valence-corrected chi connectivity index (χ1v) is 7.91. The van der Waals surface area contributed by atoms with Crippen LogP contribution < -0.4 is 5.32 Å². The molecule has 0 spiro atoms. The predicted octanol–water partition coefficient (Wildman–Crippen LogP) is 4.74. The van der Waals surface area contributed by atoms with Crippen molar-refractivity contribution >= 4 is 11.6 Å². The molecule has 1 aromatic heterocycles. The average Bonchev–Trinajstić information content (AvgIpc) is 2.77. The molecule has 118 valence electrons. The monoisotopic (exact) mass is 298 g/mol. The minimum Gasteiger partial charge on any atom is -0.356 e. The maximum atomic E-state index is 12.5. The molecular formula is C19H26N2O. The second-order valence-electron chi connectivity index (χ2n) is 6.59. The van der Waals surface area contributed by atoms with Crippen LogP contribution >= 0.6 is 0 Å². The van der Waals surface area contributed by atoms with Gasteiger partial charge in [-0.25, -0.2) is 0 Å². The van der Waals surface area contributed by atoms with Gasteiger partial charge in [0, 0.05) is 25.1 Å². The maximum Gasteiger partial charge on any atom is 0.257 e. The van der Waals surface area contributed by atoms with Crippen LogP contribution in [0.4, 0.5) is 5.69 Å². The summed E-state index contributed by atoms with van der Waals surface area (Å²) in [4.78, 5) is 12.5. The summed E-state index contributed by atoms with van der Waals surface area (Å²) in [6.07, 6.45) is 4.93. The molecular weight excluding hydrogens is 272 g/mol. The van der Waals surface area contributed by atoms with E-state index in [1.54, 1.807) is 0 Å². The standard InChI is InChI=1S/C19H26N2O/c1-13(2)10-14(3)16-8-6-7-9-18(16)20-19(22)17-12-21(5)11-15(17)4/h6-9,11-14H,10H2,1-5H3,(H,20,22). The number of nitrogens with zero attached hydrogens (tertiary/aromatic N) is 1. The van der Waals surface area contributed by atoms with E-state index in [0.29, 0.717) is 11.8 Å². The number of rotatable bonds is 5. The third kappa shape index (κ3) is 3.79. The number of carbonyl (C=O) groups excluding carboxylic acids is 1. The van der Waals surface area contributed by atoms with Crippen LogP contribution in [0.15, 0.2) is 36.7 Å². The molecule has 2 rings (SSSR count). The number of aromatic nitrogens is 1. The summed E-state index contributed by atoms with van der Waals surface area (Å²) in [6, 6.07) is 8.11. The van der Waals surface area contributed by atoms with Crippen LogP contribution in [0.1, 0.15) is 54.6 Å². The van der Waals surface area contributed by atoms with Crippen molar-refractivity contribution in [2.75, 3.05) is 5.32 Å². The quantitative estimate of drug-likeness (QED) is 0.850. The molecule has 3 nitrogen and oxygen atoms in total. The second kappa shape index (κ2) is 6.82. The lowest BCUT2D eigenvalue weighted by atomic mass is 9.91. The number of amides is 1. The SMILES string of the molecule is Cc1cn(C)cc1C(=O)Nc1ccccc1C(C)CC(C)C. The average molecular weight is 298 g/mol. The zero-order valence-electron chi connectivity index (χ0n) is 14.2. The largest absolute Gasteiger partial charge is 0.356 e. The molecule has 0 aliphatic rings. The molecule has 0 bridgehead atoms. The second-order valence-corrected chi connectivity index (χ2v) is 6.59. The summed E-state index contributed by atoms with van der Waals surface area (Å²) in [5.41, 5.74) is 3.85. The molecule has 0 aliphatic carbocycles. The van der Waals surface area contributed by atoms with E-state index >= 15 is 0 Å². The molecule has 1 heterocycles. The molecule has 0 radical (unpaired) electrons. The highest BCUT2D eigenvalue weighted by Gasteiger charge is 2.16. The van der Waals surface area contributed by atoms with Crippen molar-refractivity contribution in [1.82, 2.24) is 4.57 Å². The molecule has 1 N–H and O–H groups in total. The molecule has 22 heavy (non-hydrogen) atoms. The Labute approximate surface area is 133 Å². The van der Waals surface area contributed by atoms with Gasteiger partial charge >= 0.3 is 0 Å². The summed E-state index contributed by atoms with van der Waals surface area (Å²) in [6.45, 7) is 8.64. The fourth-order valence-corrected chi connectivity index (χ4v) is 3.02. The summed E-state index contributed by atoms with van der Waals surface area (Å²) >= 11 is 0. The zero-order chi connectivity index (χ0) is 16.3. The maximum absolute atomic E-state index is 12.5. The fraction of sp³-hybridized carbons (Fsp3) is 0.421. The molecule has 0 aliphatic heterocycles. The van der Waals surface area contributed by atoms with Crippen LogP contribution in [0.2, 0.25) is 0 Å². The lowest BCUT2D eigenvalue weighted by Gasteiger charge is -2.18. The number of anilines is 1. The van der Waals surface area contributed by atoms with Gasteiger partial charge in [0.05, 0.1) is 5.56 Å². The third-order valence-electron chi connectivity index (χ3n) is 3.96. The van der Waals surface area contributed by atoms with Gasteiger partial charge in [-0.2, -0.15) is 0 Å². The highest BCUT2D eigenvalue weighted by atomic mass is 16.1. The molecule has 1 atom stereocenters. The Bertz CT molecular complexity index is 655. The van der Waals surface area contributed by atoms with Crippen molar-refractivity contribution in [3.05, 3.63) is 53.3 Å². The Kier molecular flexibility index (Phi) is 5.07. The molecule has 0 fully saturated rings. The first-order valence-electron chi connectivity index (χ1n) is 7.91. The fourth-order valence-electron chi connectivity index (χ4n) is 3.02. The first-order chi connectivity index (χ1) is 10.4. The molecule has 3 heteroatoms.